The molecule has 148 valence electrons. The number of carbonyl (C=O) groups excluding carboxylic acids is 1. The van der Waals surface area contributed by atoms with E-state index in [-0.39, 0.29) is 11.9 Å². The molecule has 3 heteroatoms. The minimum Gasteiger partial charge on any atom is -0.461 e. The Bertz CT molecular complexity index is 647. The lowest BCUT2D eigenvalue weighted by molar-refractivity contribution is -0.179. The molecule has 0 aliphatic heterocycles. The van der Waals surface area contributed by atoms with Gasteiger partial charge in [0.1, 0.15) is 6.61 Å². The van der Waals surface area contributed by atoms with Gasteiger partial charge in [0.25, 0.3) is 0 Å². The van der Waals surface area contributed by atoms with Crippen molar-refractivity contribution in [2.75, 3.05) is 0 Å². The Morgan fingerprint density at radius 1 is 1.07 bits per heavy atom. The molecular formula is C24H34O3. The molecule has 1 aromatic carbocycles. The highest BCUT2D eigenvalue weighted by molar-refractivity contribution is 5.72. The van der Waals surface area contributed by atoms with Gasteiger partial charge < -0.3 is 9.84 Å². The summed E-state index contributed by atoms with van der Waals surface area (Å²) in [6.45, 7) is 6.48. The van der Waals surface area contributed by atoms with E-state index >= 15 is 0 Å². The molecule has 1 N–H and O–H groups in total. The molecule has 1 unspecified atom stereocenters. The summed E-state index contributed by atoms with van der Waals surface area (Å²) in [6, 6.07) is 8.21. The molecule has 4 aliphatic carbocycles. The van der Waals surface area contributed by atoms with Crippen LogP contribution in [0, 0.1) is 35.5 Å². The van der Waals surface area contributed by atoms with E-state index < -0.39 is 5.60 Å². The van der Waals surface area contributed by atoms with Crippen molar-refractivity contribution in [3.8, 4) is 0 Å². The molecule has 4 saturated carbocycles. The molecule has 27 heavy (non-hydrogen) atoms. The SMILES string of the molecule is CCC(C(=O)OCc1ccc(C2(O)C3CC4CC(C3)CC2C4)cc1)C(C)C. The van der Waals surface area contributed by atoms with Gasteiger partial charge in [0.2, 0.25) is 0 Å². The summed E-state index contributed by atoms with van der Waals surface area (Å²) in [5.41, 5.74) is 1.42. The third kappa shape index (κ3) is 3.33. The lowest BCUT2D eigenvalue weighted by Crippen LogP contribution is -2.55. The molecule has 0 amide bonds. The van der Waals surface area contributed by atoms with E-state index in [1.54, 1.807) is 0 Å². The standard InChI is InChI=1S/C24H34O3/c1-4-22(15(2)3)23(25)27-14-16-5-7-19(8-6-16)24(26)20-10-17-9-18(12-20)13-21(24)11-17/h5-8,15,17-18,20-22,26H,4,9-14H2,1-3H3. The van der Waals surface area contributed by atoms with Crippen LogP contribution in [0.25, 0.3) is 0 Å². The summed E-state index contributed by atoms with van der Waals surface area (Å²) in [4.78, 5) is 12.3. The highest BCUT2D eigenvalue weighted by Crippen LogP contribution is 2.61. The van der Waals surface area contributed by atoms with Crippen molar-refractivity contribution < 1.29 is 14.6 Å². The first-order valence-electron chi connectivity index (χ1n) is 10.9. The molecule has 4 aliphatic rings. The van der Waals surface area contributed by atoms with Crippen molar-refractivity contribution in [3.63, 3.8) is 0 Å². The van der Waals surface area contributed by atoms with Gasteiger partial charge in [-0.1, -0.05) is 45.0 Å². The van der Waals surface area contributed by atoms with Crippen molar-refractivity contribution in [3.05, 3.63) is 35.4 Å². The number of hydrogen-bond donors (Lipinski definition) is 1. The number of benzene rings is 1. The van der Waals surface area contributed by atoms with Crippen LogP contribution < -0.4 is 0 Å². The highest BCUT2D eigenvalue weighted by Gasteiger charge is 2.57. The molecule has 0 heterocycles. The number of carbonyl (C=O) groups is 1. The summed E-state index contributed by atoms with van der Waals surface area (Å²) < 4.78 is 5.55. The summed E-state index contributed by atoms with van der Waals surface area (Å²) in [6.07, 6.45) is 6.97. The van der Waals surface area contributed by atoms with E-state index in [0.717, 1.165) is 29.4 Å². The molecule has 1 aromatic rings. The summed E-state index contributed by atoms with van der Waals surface area (Å²) in [7, 11) is 0. The topological polar surface area (TPSA) is 46.5 Å². The van der Waals surface area contributed by atoms with Gasteiger partial charge in [-0.15, -0.1) is 0 Å². The lowest BCUT2D eigenvalue weighted by atomic mass is 9.48. The molecule has 0 saturated heterocycles. The number of rotatable bonds is 6. The Hall–Kier alpha value is -1.35. The fourth-order valence-corrected chi connectivity index (χ4v) is 6.41. The van der Waals surface area contributed by atoms with Crippen molar-refractivity contribution in [1.82, 2.24) is 0 Å². The van der Waals surface area contributed by atoms with E-state index in [2.05, 4.69) is 26.0 Å². The zero-order valence-corrected chi connectivity index (χ0v) is 17.0. The Morgan fingerprint density at radius 3 is 2.11 bits per heavy atom. The van der Waals surface area contributed by atoms with Crippen LogP contribution in [0.15, 0.2) is 24.3 Å². The van der Waals surface area contributed by atoms with Crippen LogP contribution >= 0.6 is 0 Å². The predicted octanol–water partition coefficient (Wildman–Crippen LogP) is 5.06. The smallest absolute Gasteiger partial charge is 0.309 e. The van der Waals surface area contributed by atoms with Gasteiger partial charge in [0.05, 0.1) is 11.5 Å². The second-order valence-electron chi connectivity index (χ2n) is 9.69. The second kappa shape index (κ2) is 7.24. The molecule has 1 atom stereocenters. The molecule has 0 radical (unpaired) electrons. The average molecular weight is 371 g/mol. The molecular weight excluding hydrogens is 336 g/mol. The lowest BCUT2D eigenvalue weighted by Gasteiger charge is -2.59. The van der Waals surface area contributed by atoms with Crippen LogP contribution in [0.3, 0.4) is 0 Å². The Kier molecular flexibility index (Phi) is 5.09. The maximum Gasteiger partial charge on any atom is 0.309 e. The van der Waals surface area contributed by atoms with Gasteiger partial charge in [-0.25, -0.2) is 0 Å². The quantitative estimate of drug-likeness (QED) is 0.712. The highest BCUT2D eigenvalue weighted by atomic mass is 16.5. The fourth-order valence-electron chi connectivity index (χ4n) is 6.41. The van der Waals surface area contributed by atoms with E-state index in [1.807, 2.05) is 19.1 Å². The number of hydrogen-bond acceptors (Lipinski definition) is 3. The number of esters is 1. The Balaban J connectivity index is 1.43. The van der Waals surface area contributed by atoms with Gasteiger partial charge in [0, 0.05) is 0 Å². The maximum absolute atomic E-state index is 12.3. The van der Waals surface area contributed by atoms with Gasteiger partial charge >= 0.3 is 5.97 Å². The van der Waals surface area contributed by atoms with E-state index in [4.69, 9.17) is 4.74 Å². The van der Waals surface area contributed by atoms with Crippen molar-refractivity contribution in [1.29, 1.82) is 0 Å². The zero-order valence-electron chi connectivity index (χ0n) is 17.0. The first-order chi connectivity index (χ1) is 12.9. The van der Waals surface area contributed by atoms with Crippen LogP contribution in [0.5, 0.6) is 0 Å². The van der Waals surface area contributed by atoms with E-state index in [9.17, 15) is 9.90 Å². The first-order valence-corrected chi connectivity index (χ1v) is 10.9. The third-order valence-corrected chi connectivity index (χ3v) is 7.73. The molecule has 0 spiro atoms. The van der Waals surface area contributed by atoms with Crippen LogP contribution in [-0.4, -0.2) is 11.1 Å². The van der Waals surface area contributed by atoms with Crippen LogP contribution in [0.2, 0.25) is 0 Å². The minimum absolute atomic E-state index is 0.0296. The van der Waals surface area contributed by atoms with Crippen molar-refractivity contribution in [2.45, 2.75) is 71.5 Å². The monoisotopic (exact) mass is 370 g/mol. The van der Waals surface area contributed by atoms with Gasteiger partial charge in [-0.05, 0) is 79.2 Å². The van der Waals surface area contributed by atoms with Crippen LogP contribution in [0.1, 0.15) is 70.4 Å². The van der Waals surface area contributed by atoms with Crippen LogP contribution in [-0.2, 0) is 21.7 Å². The molecule has 3 nitrogen and oxygen atoms in total. The van der Waals surface area contributed by atoms with Gasteiger partial charge in [0.15, 0.2) is 0 Å². The summed E-state index contributed by atoms with van der Waals surface area (Å²) in [5, 5.41) is 11.6. The van der Waals surface area contributed by atoms with Gasteiger partial charge in [-0.3, -0.25) is 4.79 Å². The van der Waals surface area contributed by atoms with Gasteiger partial charge in [-0.2, -0.15) is 0 Å². The summed E-state index contributed by atoms with van der Waals surface area (Å²) >= 11 is 0. The van der Waals surface area contributed by atoms with Crippen molar-refractivity contribution in [2.24, 2.45) is 35.5 Å². The predicted molar refractivity (Wildman–Crippen MR) is 106 cm³/mol. The Labute approximate surface area is 163 Å². The van der Waals surface area contributed by atoms with E-state index in [1.165, 1.54) is 32.1 Å². The maximum atomic E-state index is 12.3. The van der Waals surface area contributed by atoms with Crippen LogP contribution in [0.4, 0.5) is 0 Å². The normalized spacial score (nSPS) is 35.4. The van der Waals surface area contributed by atoms with Crippen molar-refractivity contribution >= 4 is 5.97 Å². The number of ether oxygens (including phenoxy) is 1. The minimum atomic E-state index is -0.645. The molecule has 4 fully saturated rings. The molecule has 0 aromatic heterocycles. The second-order valence-corrected chi connectivity index (χ2v) is 9.69. The molecule has 4 bridgehead atoms. The zero-order chi connectivity index (χ0) is 19.2. The van der Waals surface area contributed by atoms with E-state index in [0.29, 0.717) is 24.4 Å². The Morgan fingerprint density at radius 2 is 1.63 bits per heavy atom. The molecule has 5 rings (SSSR count). The fraction of sp³-hybridized carbons (Fsp3) is 0.708. The summed E-state index contributed by atoms with van der Waals surface area (Å²) in [5.74, 6) is 2.71. The third-order valence-electron chi connectivity index (χ3n) is 7.73. The first kappa shape index (κ1) is 19.0. The number of aliphatic hydroxyl groups is 1. The largest absolute Gasteiger partial charge is 0.461 e. The average Bonchev–Trinajstić information content (AvgIpc) is 2.64.